The summed E-state index contributed by atoms with van der Waals surface area (Å²) in [7, 11) is 1.50. The lowest BCUT2D eigenvalue weighted by molar-refractivity contribution is -0.142. The molecule has 6 heteroatoms. The Labute approximate surface area is 104 Å². The minimum absolute atomic E-state index is 0.210. The summed E-state index contributed by atoms with van der Waals surface area (Å²) in [5, 5.41) is 4.11. The Morgan fingerprint density at radius 3 is 2.89 bits per heavy atom. The molecule has 1 heterocycles. The predicted octanol–water partition coefficient (Wildman–Crippen LogP) is 0.723. The van der Waals surface area contributed by atoms with Crippen molar-refractivity contribution in [2.24, 2.45) is 0 Å². The summed E-state index contributed by atoms with van der Waals surface area (Å²) in [6.45, 7) is 2.08. The van der Waals surface area contributed by atoms with E-state index in [4.69, 9.17) is 9.57 Å². The molecule has 0 unspecified atom stereocenters. The zero-order valence-corrected chi connectivity index (χ0v) is 10.2. The van der Waals surface area contributed by atoms with Gasteiger partial charge in [-0.1, -0.05) is 6.07 Å². The van der Waals surface area contributed by atoms with Crippen molar-refractivity contribution in [3.8, 4) is 5.75 Å². The number of nitrogens with one attached hydrogen (secondary N) is 1. The van der Waals surface area contributed by atoms with Gasteiger partial charge in [0.15, 0.2) is 0 Å². The molecule has 0 atom stereocenters. The highest BCUT2D eigenvalue weighted by molar-refractivity contribution is 6.01. The first-order chi connectivity index (χ1) is 8.63. The lowest BCUT2D eigenvalue weighted by Gasteiger charge is -2.23. The van der Waals surface area contributed by atoms with Gasteiger partial charge in [0.1, 0.15) is 11.4 Å². The molecule has 2 rings (SSSR count). The van der Waals surface area contributed by atoms with Crippen LogP contribution in [-0.4, -0.2) is 32.1 Å². The molecule has 1 aliphatic heterocycles. The van der Waals surface area contributed by atoms with Gasteiger partial charge in [0.25, 0.3) is 5.91 Å². The number of benzene rings is 1. The largest absolute Gasteiger partial charge is 0.494 e. The number of ether oxygens (including phenoxy) is 1. The number of carbonyl (C=O) groups excluding carboxylic acids is 2. The fourth-order valence-corrected chi connectivity index (χ4v) is 1.85. The van der Waals surface area contributed by atoms with Crippen molar-refractivity contribution in [3.63, 3.8) is 0 Å². The molecule has 0 bridgehead atoms. The number of anilines is 1. The quantitative estimate of drug-likeness (QED) is 0.837. The van der Waals surface area contributed by atoms with Crippen molar-refractivity contribution in [1.82, 2.24) is 5.32 Å². The maximum absolute atomic E-state index is 11.9. The molecule has 0 fully saturated rings. The standard InChI is InChI=1S/C12H14N2O4/c1-8(15)18-14-7-6-13-12(16)9-4-3-5-10(17-2)11(9)14/h3-5H,6-7H2,1-2H3,(H,13,16). The van der Waals surface area contributed by atoms with Gasteiger partial charge in [-0.05, 0) is 12.1 Å². The Morgan fingerprint density at radius 2 is 2.22 bits per heavy atom. The molecule has 18 heavy (non-hydrogen) atoms. The van der Waals surface area contributed by atoms with Crippen molar-refractivity contribution in [3.05, 3.63) is 23.8 Å². The summed E-state index contributed by atoms with van der Waals surface area (Å²) < 4.78 is 5.22. The molecule has 1 amide bonds. The van der Waals surface area contributed by atoms with E-state index in [1.54, 1.807) is 18.2 Å². The number of nitrogens with zero attached hydrogens (tertiary/aromatic N) is 1. The van der Waals surface area contributed by atoms with E-state index in [0.717, 1.165) is 0 Å². The zero-order valence-electron chi connectivity index (χ0n) is 10.2. The molecule has 1 N–H and O–H groups in total. The number of para-hydroxylation sites is 1. The zero-order chi connectivity index (χ0) is 13.1. The van der Waals surface area contributed by atoms with Crippen LogP contribution in [0.1, 0.15) is 17.3 Å². The van der Waals surface area contributed by atoms with Crippen LogP contribution in [0.25, 0.3) is 0 Å². The number of methoxy groups -OCH3 is 1. The Morgan fingerprint density at radius 1 is 1.44 bits per heavy atom. The first-order valence-electron chi connectivity index (χ1n) is 5.54. The van der Waals surface area contributed by atoms with Gasteiger partial charge in [-0.3, -0.25) is 9.59 Å². The number of rotatable bonds is 2. The van der Waals surface area contributed by atoms with E-state index < -0.39 is 5.97 Å². The molecule has 0 saturated heterocycles. The van der Waals surface area contributed by atoms with E-state index in [1.165, 1.54) is 19.1 Å². The predicted molar refractivity (Wildman–Crippen MR) is 64.4 cm³/mol. The SMILES string of the molecule is COc1cccc2c1N(OC(C)=O)CCNC2=O. The second-order valence-electron chi connectivity index (χ2n) is 3.80. The lowest BCUT2D eigenvalue weighted by Crippen LogP contribution is -2.31. The first-order valence-corrected chi connectivity index (χ1v) is 5.54. The molecular formula is C12H14N2O4. The minimum Gasteiger partial charge on any atom is -0.494 e. The Balaban J connectivity index is 2.51. The van der Waals surface area contributed by atoms with Gasteiger partial charge in [-0.15, -0.1) is 0 Å². The van der Waals surface area contributed by atoms with Crippen LogP contribution in [0.5, 0.6) is 5.75 Å². The highest BCUT2D eigenvalue weighted by Crippen LogP contribution is 2.33. The molecule has 1 aromatic rings. The van der Waals surface area contributed by atoms with Gasteiger partial charge in [0.05, 0.1) is 19.2 Å². The normalized spacial score (nSPS) is 14.3. The van der Waals surface area contributed by atoms with E-state index in [1.807, 2.05) is 0 Å². The van der Waals surface area contributed by atoms with Gasteiger partial charge in [0, 0.05) is 13.5 Å². The number of hydrogen-bond donors (Lipinski definition) is 1. The van der Waals surface area contributed by atoms with Crippen LogP contribution in [0.4, 0.5) is 5.69 Å². The van der Waals surface area contributed by atoms with Crippen LogP contribution < -0.4 is 15.1 Å². The van der Waals surface area contributed by atoms with Crippen molar-refractivity contribution < 1.29 is 19.2 Å². The summed E-state index contributed by atoms with van der Waals surface area (Å²) in [5.41, 5.74) is 0.901. The summed E-state index contributed by atoms with van der Waals surface area (Å²) >= 11 is 0. The molecule has 0 spiro atoms. The highest BCUT2D eigenvalue weighted by atomic mass is 16.7. The second-order valence-corrected chi connectivity index (χ2v) is 3.80. The minimum atomic E-state index is -0.443. The van der Waals surface area contributed by atoms with Gasteiger partial charge in [-0.25, -0.2) is 5.06 Å². The average molecular weight is 250 g/mol. The summed E-state index contributed by atoms with van der Waals surface area (Å²) in [5.74, 6) is -0.162. The molecule has 0 radical (unpaired) electrons. The fourth-order valence-electron chi connectivity index (χ4n) is 1.85. The first kappa shape index (κ1) is 12.2. The van der Waals surface area contributed by atoms with E-state index >= 15 is 0 Å². The molecule has 96 valence electrons. The molecule has 0 saturated carbocycles. The van der Waals surface area contributed by atoms with E-state index in [-0.39, 0.29) is 5.91 Å². The molecule has 6 nitrogen and oxygen atoms in total. The van der Waals surface area contributed by atoms with Crippen molar-refractivity contribution in [2.45, 2.75) is 6.92 Å². The summed E-state index contributed by atoms with van der Waals surface area (Å²) in [6.07, 6.45) is 0. The molecule has 0 aromatic heterocycles. The van der Waals surface area contributed by atoms with Crippen molar-refractivity contribution >= 4 is 17.6 Å². The van der Waals surface area contributed by atoms with Crippen LogP contribution >= 0.6 is 0 Å². The monoisotopic (exact) mass is 250 g/mol. The van der Waals surface area contributed by atoms with E-state index in [2.05, 4.69) is 5.32 Å². The lowest BCUT2D eigenvalue weighted by atomic mass is 10.1. The van der Waals surface area contributed by atoms with Gasteiger partial charge in [0.2, 0.25) is 0 Å². The van der Waals surface area contributed by atoms with Gasteiger partial charge < -0.3 is 14.9 Å². The third-order valence-corrected chi connectivity index (χ3v) is 2.55. The number of carbonyl (C=O) groups is 2. The van der Waals surface area contributed by atoms with Crippen LogP contribution in [0.2, 0.25) is 0 Å². The van der Waals surface area contributed by atoms with Crippen LogP contribution in [0.3, 0.4) is 0 Å². The third kappa shape index (κ3) is 2.22. The average Bonchev–Trinajstić information content (AvgIpc) is 2.49. The highest BCUT2D eigenvalue weighted by Gasteiger charge is 2.26. The maximum atomic E-state index is 11.9. The summed E-state index contributed by atoms with van der Waals surface area (Å²) in [6, 6.07) is 5.09. The van der Waals surface area contributed by atoms with Crippen LogP contribution in [-0.2, 0) is 9.63 Å². The number of amides is 1. The van der Waals surface area contributed by atoms with Crippen molar-refractivity contribution in [1.29, 1.82) is 0 Å². The van der Waals surface area contributed by atoms with Gasteiger partial charge in [-0.2, -0.15) is 0 Å². The number of hydroxylamine groups is 1. The molecular weight excluding hydrogens is 236 g/mol. The van der Waals surface area contributed by atoms with E-state index in [9.17, 15) is 9.59 Å². The maximum Gasteiger partial charge on any atom is 0.329 e. The summed E-state index contributed by atoms with van der Waals surface area (Å²) in [4.78, 5) is 28.1. The molecule has 1 aromatic carbocycles. The van der Waals surface area contributed by atoms with Crippen LogP contribution in [0.15, 0.2) is 18.2 Å². The Hall–Kier alpha value is -2.24. The molecule has 0 aliphatic carbocycles. The Kier molecular flexibility index (Phi) is 3.36. The van der Waals surface area contributed by atoms with Gasteiger partial charge >= 0.3 is 5.97 Å². The van der Waals surface area contributed by atoms with Crippen LogP contribution in [0, 0.1) is 0 Å². The smallest absolute Gasteiger partial charge is 0.329 e. The van der Waals surface area contributed by atoms with Crippen molar-refractivity contribution in [2.75, 3.05) is 25.3 Å². The second kappa shape index (κ2) is 4.95. The molecule has 1 aliphatic rings. The fraction of sp³-hybridized carbons (Fsp3) is 0.333. The number of fused-ring (bicyclic) bond motifs is 1. The topological polar surface area (TPSA) is 67.9 Å². The Bertz CT molecular complexity index is 487. The number of hydrogen-bond acceptors (Lipinski definition) is 5. The van der Waals surface area contributed by atoms with E-state index in [0.29, 0.717) is 30.1 Å². The third-order valence-electron chi connectivity index (χ3n) is 2.55.